The molecule has 6 heteroatoms. The maximum atomic E-state index is 13.6. The van der Waals surface area contributed by atoms with Crippen LogP contribution in [-0.4, -0.2) is 41.4 Å². The van der Waals surface area contributed by atoms with Gasteiger partial charge in [-0.15, -0.1) is 0 Å². The van der Waals surface area contributed by atoms with Gasteiger partial charge in [0.1, 0.15) is 11.4 Å². The lowest BCUT2D eigenvalue weighted by Gasteiger charge is -2.43. The summed E-state index contributed by atoms with van der Waals surface area (Å²) in [6.07, 6.45) is 2.28. The molecule has 2 aliphatic rings. The number of aromatic nitrogens is 1. The lowest BCUT2D eigenvalue weighted by atomic mass is 9.98. The number of anilines is 1. The Labute approximate surface area is 116 Å². The van der Waals surface area contributed by atoms with Crippen LogP contribution in [0.4, 0.5) is 10.1 Å². The molecule has 1 saturated carbocycles. The van der Waals surface area contributed by atoms with E-state index in [-0.39, 0.29) is 18.8 Å². The van der Waals surface area contributed by atoms with E-state index in [2.05, 4.69) is 4.98 Å². The van der Waals surface area contributed by atoms with Crippen LogP contribution in [0.3, 0.4) is 0 Å². The molecular formula is C14H17FN2O3. The Morgan fingerprint density at radius 1 is 1.55 bits per heavy atom. The first-order chi connectivity index (χ1) is 9.44. The number of hydrogen-bond donors (Lipinski definition) is 1. The summed E-state index contributed by atoms with van der Waals surface area (Å²) in [5.74, 6) is -0.250. The molecule has 2 heterocycles. The summed E-state index contributed by atoms with van der Waals surface area (Å²) < 4.78 is 19.2. The summed E-state index contributed by atoms with van der Waals surface area (Å²) in [4.78, 5) is 16.8. The largest absolute Gasteiger partial charge is 0.477 e. The number of halogens is 1. The average molecular weight is 280 g/mol. The first-order valence-electron chi connectivity index (χ1n) is 6.76. The summed E-state index contributed by atoms with van der Waals surface area (Å²) in [6.45, 7) is 2.65. The SMILES string of the molecule is CC1(F)CN(c2ccc(C(=O)O)nc2OCC2CC2)C1. The molecule has 1 aromatic heterocycles. The van der Waals surface area contributed by atoms with E-state index in [0.29, 0.717) is 24.1 Å². The van der Waals surface area contributed by atoms with E-state index < -0.39 is 11.6 Å². The molecule has 20 heavy (non-hydrogen) atoms. The van der Waals surface area contributed by atoms with Crippen LogP contribution < -0.4 is 9.64 Å². The van der Waals surface area contributed by atoms with Crippen molar-refractivity contribution in [1.29, 1.82) is 0 Å². The molecule has 3 rings (SSSR count). The molecule has 0 unspecified atom stereocenters. The zero-order valence-electron chi connectivity index (χ0n) is 11.3. The van der Waals surface area contributed by atoms with Gasteiger partial charge in [-0.25, -0.2) is 14.2 Å². The van der Waals surface area contributed by atoms with E-state index in [0.717, 1.165) is 12.8 Å². The highest BCUT2D eigenvalue weighted by molar-refractivity contribution is 5.86. The molecule has 108 valence electrons. The van der Waals surface area contributed by atoms with Crippen molar-refractivity contribution < 1.29 is 19.0 Å². The summed E-state index contributed by atoms with van der Waals surface area (Å²) in [6, 6.07) is 3.07. The quantitative estimate of drug-likeness (QED) is 0.895. The molecule has 5 nitrogen and oxygen atoms in total. The zero-order valence-corrected chi connectivity index (χ0v) is 11.3. The van der Waals surface area contributed by atoms with Crippen molar-refractivity contribution in [2.75, 3.05) is 24.6 Å². The van der Waals surface area contributed by atoms with Gasteiger partial charge in [-0.05, 0) is 37.8 Å². The van der Waals surface area contributed by atoms with Crippen LogP contribution in [-0.2, 0) is 0 Å². The summed E-state index contributed by atoms with van der Waals surface area (Å²) in [5, 5.41) is 8.99. The maximum absolute atomic E-state index is 13.6. The van der Waals surface area contributed by atoms with Gasteiger partial charge in [0.05, 0.1) is 19.7 Å². The number of carbonyl (C=O) groups is 1. The molecule has 1 aliphatic heterocycles. The van der Waals surface area contributed by atoms with Gasteiger partial charge in [0.2, 0.25) is 5.88 Å². The van der Waals surface area contributed by atoms with Gasteiger partial charge in [-0.1, -0.05) is 0 Å². The fourth-order valence-electron chi connectivity index (χ4n) is 2.30. The van der Waals surface area contributed by atoms with E-state index in [4.69, 9.17) is 9.84 Å². The highest BCUT2D eigenvalue weighted by Gasteiger charge is 2.40. The van der Waals surface area contributed by atoms with Crippen LogP contribution in [0.1, 0.15) is 30.3 Å². The van der Waals surface area contributed by atoms with Gasteiger partial charge in [0.15, 0.2) is 5.69 Å². The number of nitrogens with zero attached hydrogens (tertiary/aromatic N) is 2. The lowest BCUT2D eigenvalue weighted by Crippen LogP contribution is -2.57. The number of alkyl halides is 1. The summed E-state index contributed by atoms with van der Waals surface area (Å²) >= 11 is 0. The van der Waals surface area contributed by atoms with Gasteiger partial charge < -0.3 is 14.7 Å². The molecule has 0 spiro atoms. The third-order valence-corrected chi connectivity index (χ3v) is 3.59. The van der Waals surface area contributed by atoms with E-state index in [9.17, 15) is 9.18 Å². The molecule has 2 fully saturated rings. The highest BCUT2D eigenvalue weighted by atomic mass is 19.1. The highest BCUT2D eigenvalue weighted by Crippen LogP contribution is 2.37. The standard InChI is InChI=1S/C14H17FN2O3/c1-14(15)7-17(8-14)11-5-4-10(13(18)19)16-12(11)20-6-9-2-3-9/h4-5,9H,2-3,6-8H2,1H3,(H,18,19). The molecule has 0 amide bonds. The number of rotatable bonds is 5. The molecule has 0 atom stereocenters. The first-order valence-corrected chi connectivity index (χ1v) is 6.76. The Hall–Kier alpha value is -1.85. The third kappa shape index (κ3) is 2.69. The molecule has 0 aromatic carbocycles. The summed E-state index contributed by atoms with van der Waals surface area (Å²) in [7, 11) is 0. The van der Waals surface area contributed by atoms with E-state index >= 15 is 0 Å². The predicted octanol–water partition coefficient (Wildman–Crippen LogP) is 2.12. The first kappa shape index (κ1) is 13.1. The van der Waals surface area contributed by atoms with Crippen LogP contribution in [0.5, 0.6) is 5.88 Å². The Morgan fingerprint density at radius 2 is 2.25 bits per heavy atom. The molecule has 1 saturated heterocycles. The van der Waals surface area contributed by atoms with Crippen molar-refractivity contribution in [1.82, 2.24) is 4.98 Å². The van der Waals surface area contributed by atoms with E-state index in [1.54, 1.807) is 13.0 Å². The fraction of sp³-hybridized carbons (Fsp3) is 0.571. The number of carboxylic acids is 1. The maximum Gasteiger partial charge on any atom is 0.354 e. The Balaban J connectivity index is 1.81. The van der Waals surface area contributed by atoms with Crippen LogP contribution in [0.15, 0.2) is 12.1 Å². The van der Waals surface area contributed by atoms with Crippen LogP contribution >= 0.6 is 0 Å². The van der Waals surface area contributed by atoms with Crippen molar-refractivity contribution >= 4 is 11.7 Å². The minimum atomic E-state index is -1.20. The van der Waals surface area contributed by atoms with E-state index in [1.807, 2.05) is 4.90 Å². The second kappa shape index (κ2) is 4.61. The van der Waals surface area contributed by atoms with Crippen molar-refractivity contribution in [3.05, 3.63) is 17.8 Å². The molecule has 1 N–H and O–H groups in total. The molecular weight excluding hydrogens is 263 g/mol. The molecule has 0 bridgehead atoms. The minimum Gasteiger partial charge on any atom is -0.477 e. The van der Waals surface area contributed by atoms with Crippen molar-refractivity contribution in [3.63, 3.8) is 0 Å². The van der Waals surface area contributed by atoms with Gasteiger partial charge in [-0.2, -0.15) is 0 Å². The monoisotopic (exact) mass is 280 g/mol. The van der Waals surface area contributed by atoms with Crippen molar-refractivity contribution in [2.24, 2.45) is 5.92 Å². The minimum absolute atomic E-state index is 0.0527. The lowest BCUT2D eigenvalue weighted by molar-refractivity contribution is 0.0689. The second-order valence-electron chi connectivity index (χ2n) is 5.85. The number of pyridine rings is 1. The Kier molecular flexibility index (Phi) is 3.03. The van der Waals surface area contributed by atoms with Crippen molar-refractivity contribution in [2.45, 2.75) is 25.4 Å². The number of hydrogen-bond acceptors (Lipinski definition) is 4. The molecule has 1 aromatic rings. The van der Waals surface area contributed by atoms with Crippen LogP contribution in [0, 0.1) is 5.92 Å². The van der Waals surface area contributed by atoms with Gasteiger partial charge in [-0.3, -0.25) is 0 Å². The average Bonchev–Trinajstić information content (AvgIpc) is 3.17. The van der Waals surface area contributed by atoms with Gasteiger partial charge in [0.25, 0.3) is 0 Å². The van der Waals surface area contributed by atoms with Crippen LogP contribution in [0.2, 0.25) is 0 Å². The van der Waals surface area contributed by atoms with E-state index in [1.165, 1.54) is 6.07 Å². The zero-order chi connectivity index (χ0) is 14.3. The molecule has 1 aliphatic carbocycles. The second-order valence-corrected chi connectivity index (χ2v) is 5.85. The Bertz CT molecular complexity index is 535. The normalized spacial score (nSPS) is 20.4. The smallest absolute Gasteiger partial charge is 0.354 e. The van der Waals surface area contributed by atoms with Gasteiger partial charge in [0, 0.05) is 0 Å². The predicted molar refractivity (Wildman–Crippen MR) is 71.1 cm³/mol. The number of ether oxygens (including phenoxy) is 1. The van der Waals surface area contributed by atoms with Crippen molar-refractivity contribution in [3.8, 4) is 5.88 Å². The number of carboxylic acid groups (broad SMARTS) is 1. The van der Waals surface area contributed by atoms with Crippen LogP contribution in [0.25, 0.3) is 0 Å². The number of aromatic carboxylic acids is 1. The van der Waals surface area contributed by atoms with Gasteiger partial charge >= 0.3 is 5.97 Å². The molecule has 0 radical (unpaired) electrons. The summed E-state index contributed by atoms with van der Waals surface area (Å²) in [5.41, 5.74) is -0.576. The topological polar surface area (TPSA) is 62.7 Å². The fourth-order valence-corrected chi connectivity index (χ4v) is 2.30. The third-order valence-electron chi connectivity index (χ3n) is 3.59. The Morgan fingerprint density at radius 3 is 2.80 bits per heavy atom.